The fraction of sp³-hybridized carbons (Fsp3) is 0.286. The summed E-state index contributed by atoms with van der Waals surface area (Å²) >= 11 is 0. The number of nitrogen functional groups attached to an aromatic ring is 1. The molecule has 0 amide bonds. The number of phenolic OH excluding ortho intramolecular Hbond substituents is 1. The molecule has 8 heteroatoms. The zero-order chi connectivity index (χ0) is 20.0. The van der Waals surface area contributed by atoms with Crippen molar-refractivity contribution in [3.63, 3.8) is 0 Å². The van der Waals surface area contributed by atoms with E-state index >= 15 is 0 Å². The molecular weight excluding hydrogens is 371 g/mol. The molecule has 2 fully saturated rings. The largest absolute Gasteiger partial charge is 0.507 e. The summed E-state index contributed by atoms with van der Waals surface area (Å²) in [5.74, 6) is 0.0633. The Morgan fingerprint density at radius 2 is 1.79 bits per heavy atom. The van der Waals surface area contributed by atoms with E-state index in [2.05, 4.69) is 25.0 Å². The van der Waals surface area contributed by atoms with E-state index < -0.39 is 5.95 Å². The number of rotatable bonds is 3. The highest BCUT2D eigenvalue weighted by molar-refractivity contribution is 5.74. The molecule has 2 bridgehead atoms. The molecule has 5 rings (SSSR count). The topological polar surface area (TPSA) is 91.4 Å². The van der Waals surface area contributed by atoms with E-state index in [4.69, 9.17) is 5.73 Å². The van der Waals surface area contributed by atoms with E-state index in [0.29, 0.717) is 17.1 Å². The van der Waals surface area contributed by atoms with Crippen molar-refractivity contribution in [1.29, 1.82) is 0 Å². The number of fused-ring (bicyclic) bond motifs is 2. The van der Waals surface area contributed by atoms with E-state index in [-0.39, 0.29) is 17.8 Å². The third-order valence-electron chi connectivity index (χ3n) is 5.81. The third kappa shape index (κ3) is 3.10. The summed E-state index contributed by atoms with van der Waals surface area (Å²) < 4.78 is 13.6. The second-order valence-electron chi connectivity index (χ2n) is 7.55. The lowest BCUT2D eigenvalue weighted by Crippen LogP contribution is -2.54. The van der Waals surface area contributed by atoms with Crippen LogP contribution in [-0.4, -0.2) is 45.5 Å². The Morgan fingerprint density at radius 1 is 1.03 bits per heavy atom. The van der Waals surface area contributed by atoms with Gasteiger partial charge in [-0.05, 0) is 37.1 Å². The lowest BCUT2D eigenvalue weighted by atomic mass is 10.1. The molecule has 2 atom stereocenters. The molecule has 3 N–H and O–H groups in total. The van der Waals surface area contributed by atoms with Crippen molar-refractivity contribution in [2.45, 2.75) is 24.9 Å². The van der Waals surface area contributed by atoms with Gasteiger partial charge in [0.25, 0.3) is 0 Å². The lowest BCUT2D eigenvalue weighted by molar-refractivity contribution is 0.477. The van der Waals surface area contributed by atoms with Crippen LogP contribution in [0.5, 0.6) is 5.75 Å². The minimum Gasteiger partial charge on any atom is -0.507 e. The molecule has 148 valence electrons. The van der Waals surface area contributed by atoms with Crippen LogP contribution in [-0.2, 0) is 0 Å². The van der Waals surface area contributed by atoms with Crippen molar-refractivity contribution in [2.24, 2.45) is 0 Å². The number of pyridine rings is 1. The number of anilines is 3. The minimum absolute atomic E-state index is 0.155. The molecule has 0 aliphatic carbocycles. The van der Waals surface area contributed by atoms with Crippen LogP contribution in [0, 0.1) is 5.95 Å². The summed E-state index contributed by atoms with van der Waals surface area (Å²) in [4.78, 5) is 8.20. The molecule has 4 heterocycles. The summed E-state index contributed by atoms with van der Waals surface area (Å²) in [5, 5.41) is 18.5. The second kappa shape index (κ2) is 6.88. The third-order valence-corrected chi connectivity index (χ3v) is 5.81. The van der Waals surface area contributed by atoms with Crippen LogP contribution in [0.2, 0.25) is 0 Å². The first-order valence-corrected chi connectivity index (χ1v) is 9.66. The van der Waals surface area contributed by atoms with Crippen LogP contribution in [0.4, 0.5) is 21.6 Å². The molecule has 7 nitrogen and oxygen atoms in total. The Labute approximate surface area is 167 Å². The van der Waals surface area contributed by atoms with Gasteiger partial charge in [0.15, 0.2) is 5.82 Å². The zero-order valence-corrected chi connectivity index (χ0v) is 15.7. The van der Waals surface area contributed by atoms with Gasteiger partial charge in [-0.25, -0.2) is 4.98 Å². The molecule has 2 aromatic heterocycles. The smallest absolute Gasteiger partial charge is 0.214 e. The van der Waals surface area contributed by atoms with Gasteiger partial charge in [-0.15, -0.1) is 10.2 Å². The average Bonchev–Trinajstić information content (AvgIpc) is 2.98. The van der Waals surface area contributed by atoms with Gasteiger partial charge in [-0.1, -0.05) is 12.1 Å². The number of nitrogens with zero attached hydrogens (tertiary/aromatic N) is 5. The molecule has 2 unspecified atom stereocenters. The van der Waals surface area contributed by atoms with Gasteiger partial charge in [0.1, 0.15) is 5.75 Å². The van der Waals surface area contributed by atoms with Crippen LogP contribution in [0.1, 0.15) is 12.8 Å². The first kappa shape index (κ1) is 17.7. The minimum atomic E-state index is -0.459. The van der Waals surface area contributed by atoms with Gasteiger partial charge in [0, 0.05) is 48.7 Å². The molecule has 29 heavy (non-hydrogen) atoms. The standard InChI is InChI=1S/C21H21FN6O/c22-20-9-13(7-8-24-20)28-14-5-6-15(28)12-27(11-14)18-10-17(25-26-21(18)23)16-3-1-2-4-19(16)29/h1-4,7-10,14-15,29H,5-6,11-12H2,(H2,23,26). The summed E-state index contributed by atoms with van der Waals surface area (Å²) in [6.45, 7) is 1.52. The van der Waals surface area contributed by atoms with Gasteiger partial charge in [-0.2, -0.15) is 4.39 Å². The predicted molar refractivity (Wildman–Crippen MR) is 109 cm³/mol. The van der Waals surface area contributed by atoms with Crippen molar-refractivity contribution in [3.05, 3.63) is 54.6 Å². The Hall–Kier alpha value is -3.42. The van der Waals surface area contributed by atoms with E-state index in [0.717, 1.165) is 37.3 Å². The maximum Gasteiger partial charge on any atom is 0.214 e. The van der Waals surface area contributed by atoms with Gasteiger partial charge in [0.2, 0.25) is 5.95 Å². The van der Waals surface area contributed by atoms with Crippen molar-refractivity contribution in [2.75, 3.05) is 28.6 Å². The van der Waals surface area contributed by atoms with Gasteiger partial charge in [0.05, 0.1) is 11.4 Å². The fourth-order valence-corrected chi connectivity index (χ4v) is 4.54. The number of piperazine rings is 1. The fourth-order valence-electron chi connectivity index (χ4n) is 4.54. The molecule has 2 aliphatic rings. The number of halogens is 1. The van der Waals surface area contributed by atoms with Crippen LogP contribution >= 0.6 is 0 Å². The predicted octanol–water partition coefficient (Wildman–Crippen LogP) is 2.82. The number of aromatic hydroxyl groups is 1. The second-order valence-corrected chi connectivity index (χ2v) is 7.55. The number of hydrogen-bond acceptors (Lipinski definition) is 7. The van der Waals surface area contributed by atoms with Crippen LogP contribution in [0.25, 0.3) is 11.3 Å². The van der Waals surface area contributed by atoms with E-state index in [1.807, 2.05) is 18.2 Å². The van der Waals surface area contributed by atoms with Gasteiger partial charge >= 0.3 is 0 Å². The SMILES string of the molecule is Nc1nnc(-c2ccccc2O)cc1N1CC2CCC(C1)N2c1ccnc(F)c1. The molecular formula is C21H21FN6O. The number of benzene rings is 1. The van der Waals surface area contributed by atoms with E-state index in [9.17, 15) is 9.50 Å². The number of hydrogen-bond donors (Lipinski definition) is 2. The molecule has 0 radical (unpaired) electrons. The van der Waals surface area contributed by atoms with Crippen molar-refractivity contribution >= 4 is 17.2 Å². The Bertz CT molecular complexity index is 1050. The van der Waals surface area contributed by atoms with Crippen molar-refractivity contribution in [3.8, 4) is 17.0 Å². The number of phenols is 1. The summed E-state index contributed by atoms with van der Waals surface area (Å²) in [6, 6.07) is 12.8. The molecule has 1 aromatic carbocycles. The quantitative estimate of drug-likeness (QED) is 0.662. The molecule has 0 saturated carbocycles. The zero-order valence-electron chi connectivity index (χ0n) is 15.7. The van der Waals surface area contributed by atoms with E-state index in [1.54, 1.807) is 18.2 Å². The first-order valence-electron chi connectivity index (χ1n) is 9.66. The first-order chi connectivity index (χ1) is 14.1. The summed E-state index contributed by atoms with van der Waals surface area (Å²) in [5.41, 5.74) is 9.06. The normalized spacial score (nSPS) is 20.9. The maximum absolute atomic E-state index is 13.6. The summed E-state index contributed by atoms with van der Waals surface area (Å²) in [6.07, 6.45) is 3.59. The van der Waals surface area contributed by atoms with Crippen LogP contribution in [0.3, 0.4) is 0 Å². The van der Waals surface area contributed by atoms with Crippen molar-refractivity contribution < 1.29 is 9.50 Å². The Kier molecular flexibility index (Phi) is 4.19. The van der Waals surface area contributed by atoms with Crippen molar-refractivity contribution in [1.82, 2.24) is 15.2 Å². The monoisotopic (exact) mass is 392 g/mol. The lowest BCUT2D eigenvalue weighted by Gasteiger charge is -2.43. The summed E-state index contributed by atoms with van der Waals surface area (Å²) in [7, 11) is 0. The molecule has 2 saturated heterocycles. The highest BCUT2D eigenvalue weighted by atomic mass is 19.1. The average molecular weight is 392 g/mol. The molecule has 2 aliphatic heterocycles. The maximum atomic E-state index is 13.6. The molecule has 3 aromatic rings. The van der Waals surface area contributed by atoms with Gasteiger partial charge in [-0.3, -0.25) is 0 Å². The Morgan fingerprint density at radius 3 is 2.52 bits per heavy atom. The van der Waals surface area contributed by atoms with Crippen LogP contribution < -0.4 is 15.5 Å². The Balaban J connectivity index is 1.45. The van der Waals surface area contributed by atoms with Gasteiger partial charge < -0.3 is 20.6 Å². The highest BCUT2D eigenvalue weighted by Gasteiger charge is 2.40. The van der Waals surface area contributed by atoms with E-state index in [1.165, 1.54) is 12.3 Å². The molecule has 0 spiro atoms. The van der Waals surface area contributed by atoms with Crippen LogP contribution in [0.15, 0.2) is 48.7 Å². The number of para-hydroxylation sites is 1. The highest BCUT2D eigenvalue weighted by Crippen LogP contribution is 2.38. The number of nitrogens with two attached hydrogens (primary N) is 1. The number of aromatic nitrogens is 3.